The molecule has 0 fully saturated rings. The molecule has 1 amide bonds. The fraction of sp³-hybridized carbons (Fsp3) is 0.556. The molecule has 6 heteroatoms. The Morgan fingerprint density at radius 1 is 1.67 bits per heavy atom. The van der Waals surface area contributed by atoms with E-state index in [0.29, 0.717) is 5.02 Å². The molecule has 0 saturated heterocycles. The summed E-state index contributed by atoms with van der Waals surface area (Å²) >= 11 is 5.71. The molecule has 0 aliphatic carbocycles. The standard InChI is InChI=1S/C9H15ClN4O/c1-9(2,3)12-7(15)5-14-4-6(10)8(11)13-14/h4H,5H2,1-3H3,(H2,11,13)(H,12,15). The Bertz CT molecular complexity index is 347. The molecular weight excluding hydrogens is 216 g/mol. The van der Waals surface area contributed by atoms with Gasteiger partial charge in [0.05, 0.1) is 0 Å². The van der Waals surface area contributed by atoms with Gasteiger partial charge in [0.2, 0.25) is 5.91 Å². The van der Waals surface area contributed by atoms with Crippen LogP contribution in [-0.2, 0) is 11.3 Å². The molecule has 0 aliphatic rings. The van der Waals surface area contributed by atoms with Gasteiger partial charge >= 0.3 is 0 Å². The average Bonchev–Trinajstić information content (AvgIpc) is 2.26. The molecule has 0 atom stereocenters. The number of anilines is 1. The van der Waals surface area contributed by atoms with Gasteiger partial charge in [-0.05, 0) is 20.8 Å². The SMILES string of the molecule is CC(C)(C)NC(=O)Cn1cc(Cl)c(N)n1. The molecule has 0 aromatic carbocycles. The van der Waals surface area contributed by atoms with Crippen LogP contribution in [0, 0.1) is 0 Å². The number of carbonyl (C=O) groups excluding carboxylic acids is 1. The number of hydrogen-bond donors (Lipinski definition) is 2. The summed E-state index contributed by atoms with van der Waals surface area (Å²) in [6.45, 7) is 5.86. The number of aromatic nitrogens is 2. The van der Waals surface area contributed by atoms with Crippen molar-refractivity contribution in [1.29, 1.82) is 0 Å². The van der Waals surface area contributed by atoms with Crippen LogP contribution < -0.4 is 11.1 Å². The summed E-state index contributed by atoms with van der Waals surface area (Å²) in [4.78, 5) is 11.5. The topological polar surface area (TPSA) is 72.9 Å². The van der Waals surface area contributed by atoms with Crippen molar-refractivity contribution >= 4 is 23.3 Å². The number of amides is 1. The van der Waals surface area contributed by atoms with Gasteiger partial charge < -0.3 is 11.1 Å². The first-order valence-corrected chi connectivity index (χ1v) is 4.95. The van der Waals surface area contributed by atoms with E-state index < -0.39 is 0 Å². The molecule has 15 heavy (non-hydrogen) atoms. The van der Waals surface area contributed by atoms with E-state index in [9.17, 15) is 4.79 Å². The molecule has 1 aromatic heterocycles. The smallest absolute Gasteiger partial charge is 0.242 e. The molecule has 1 rings (SSSR count). The minimum Gasteiger partial charge on any atom is -0.381 e. The summed E-state index contributed by atoms with van der Waals surface area (Å²) in [7, 11) is 0. The van der Waals surface area contributed by atoms with Crippen molar-refractivity contribution in [2.24, 2.45) is 0 Å². The molecule has 1 aromatic rings. The van der Waals surface area contributed by atoms with E-state index in [1.54, 1.807) is 0 Å². The van der Waals surface area contributed by atoms with Crippen LogP contribution in [0.25, 0.3) is 0 Å². The second kappa shape index (κ2) is 4.10. The monoisotopic (exact) mass is 230 g/mol. The molecule has 84 valence electrons. The van der Waals surface area contributed by atoms with Crippen molar-refractivity contribution in [3.8, 4) is 0 Å². The Kier molecular flexibility index (Phi) is 3.24. The minimum atomic E-state index is -0.250. The van der Waals surface area contributed by atoms with E-state index in [1.807, 2.05) is 20.8 Å². The van der Waals surface area contributed by atoms with Crippen molar-refractivity contribution in [2.45, 2.75) is 32.9 Å². The van der Waals surface area contributed by atoms with Gasteiger partial charge in [-0.2, -0.15) is 5.10 Å². The average molecular weight is 231 g/mol. The fourth-order valence-electron chi connectivity index (χ4n) is 1.10. The maximum atomic E-state index is 11.5. The molecule has 0 aliphatic heterocycles. The Hall–Kier alpha value is -1.23. The molecule has 1 heterocycles. The normalized spacial score (nSPS) is 11.5. The van der Waals surface area contributed by atoms with Crippen LogP contribution in [0.3, 0.4) is 0 Å². The zero-order chi connectivity index (χ0) is 11.6. The summed E-state index contributed by atoms with van der Waals surface area (Å²) in [6, 6.07) is 0. The lowest BCUT2D eigenvalue weighted by molar-refractivity contribution is -0.123. The highest BCUT2D eigenvalue weighted by atomic mass is 35.5. The van der Waals surface area contributed by atoms with Gasteiger partial charge in [-0.1, -0.05) is 11.6 Å². The van der Waals surface area contributed by atoms with E-state index in [1.165, 1.54) is 10.9 Å². The van der Waals surface area contributed by atoms with Crippen molar-refractivity contribution in [3.05, 3.63) is 11.2 Å². The highest BCUT2D eigenvalue weighted by Crippen LogP contribution is 2.14. The predicted molar refractivity (Wildman–Crippen MR) is 59.5 cm³/mol. The Morgan fingerprint density at radius 2 is 2.27 bits per heavy atom. The van der Waals surface area contributed by atoms with Gasteiger partial charge in [-0.15, -0.1) is 0 Å². The summed E-state index contributed by atoms with van der Waals surface area (Å²) < 4.78 is 1.42. The number of nitrogens with zero attached hydrogens (tertiary/aromatic N) is 2. The lowest BCUT2D eigenvalue weighted by Gasteiger charge is -2.20. The molecule has 0 spiro atoms. The van der Waals surface area contributed by atoms with E-state index in [-0.39, 0.29) is 23.8 Å². The van der Waals surface area contributed by atoms with E-state index in [2.05, 4.69) is 10.4 Å². The van der Waals surface area contributed by atoms with E-state index in [0.717, 1.165) is 0 Å². The van der Waals surface area contributed by atoms with E-state index in [4.69, 9.17) is 17.3 Å². The van der Waals surface area contributed by atoms with Gasteiger partial charge in [-0.25, -0.2) is 0 Å². The summed E-state index contributed by atoms with van der Waals surface area (Å²) in [5.41, 5.74) is 5.20. The zero-order valence-corrected chi connectivity index (χ0v) is 9.80. The van der Waals surface area contributed by atoms with Gasteiger partial charge in [0, 0.05) is 11.7 Å². The summed E-state index contributed by atoms with van der Waals surface area (Å²) in [6.07, 6.45) is 1.53. The summed E-state index contributed by atoms with van der Waals surface area (Å²) in [5, 5.41) is 7.05. The van der Waals surface area contributed by atoms with Crippen LogP contribution in [0.2, 0.25) is 5.02 Å². The highest BCUT2D eigenvalue weighted by Gasteiger charge is 2.14. The quantitative estimate of drug-likeness (QED) is 0.797. The Morgan fingerprint density at radius 3 is 2.67 bits per heavy atom. The second-order valence-corrected chi connectivity index (χ2v) is 4.77. The molecule has 0 radical (unpaired) electrons. The third-order valence-corrected chi connectivity index (χ3v) is 1.85. The maximum absolute atomic E-state index is 11.5. The highest BCUT2D eigenvalue weighted by molar-refractivity contribution is 6.32. The lowest BCUT2D eigenvalue weighted by Crippen LogP contribution is -2.42. The molecule has 0 bridgehead atoms. The van der Waals surface area contributed by atoms with Crippen molar-refractivity contribution in [1.82, 2.24) is 15.1 Å². The first kappa shape index (κ1) is 11.8. The molecule has 3 N–H and O–H groups in total. The van der Waals surface area contributed by atoms with Gasteiger partial charge in [0.15, 0.2) is 5.82 Å². The number of carbonyl (C=O) groups is 1. The first-order valence-electron chi connectivity index (χ1n) is 4.57. The predicted octanol–water partition coefficient (Wildman–Crippen LogP) is 1.03. The van der Waals surface area contributed by atoms with Crippen LogP contribution in [0.5, 0.6) is 0 Å². The number of hydrogen-bond acceptors (Lipinski definition) is 3. The molecular formula is C9H15ClN4O. The largest absolute Gasteiger partial charge is 0.381 e. The zero-order valence-electron chi connectivity index (χ0n) is 9.04. The first-order chi connectivity index (χ1) is 6.78. The Balaban J connectivity index is 2.59. The second-order valence-electron chi connectivity index (χ2n) is 4.36. The Labute approximate surface area is 93.6 Å². The molecule has 0 saturated carbocycles. The third-order valence-electron chi connectivity index (χ3n) is 1.56. The van der Waals surface area contributed by atoms with Crippen molar-refractivity contribution < 1.29 is 4.79 Å². The number of halogens is 1. The van der Waals surface area contributed by atoms with Crippen LogP contribution in [0.1, 0.15) is 20.8 Å². The molecule has 0 unspecified atom stereocenters. The fourth-order valence-corrected chi connectivity index (χ4v) is 1.25. The van der Waals surface area contributed by atoms with Crippen LogP contribution in [-0.4, -0.2) is 21.2 Å². The van der Waals surface area contributed by atoms with E-state index >= 15 is 0 Å². The maximum Gasteiger partial charge on any atom is 0.242 e. The van der Waals surface area contributed by atoms with Gasteiger partial charge in [0.1, 0.15) is 11.6 Å². The number of nitrogens with two attached hydrogens (primary N) is 1. The van der Waals surface area contributed by atoms with Gasteiger partial charge in [0.25, 0.3) is 0 Å². The number of nitrogen functional groups attached to an aromatic ring is 1. The summed E-state index contributed by atoms with van der Waals surface area (Å²) in [5.74, 6) is 0.113. The van der Waals surface area contributed by atoms with Crippen molar-refractivity contribution in [3.63, 3.8) is 0 Å². The number of rotatable bonds is 2. The van der Waals surface area contributed by atoms with Crippen molar-refractivity contribution in [2.75, 3.05) is 5.73 Å². The third kappa shape index (κ3) is 3.79. The lowest BCUT2D eigenvalue weighted by atomic mass is 10.1. The van der Waals surface area contributed by atoms with Gasteiger partial charge in [-0.3, -0.25) is 9.48 Å². The minimum absolute atomic E-state index is 0.119. The molecule has 5 nitrogen and oxygen atoms in total. The van der Waals surface area contributed by atoms with Crippen LogP contribution >= 0.6 is 11.6 Å². The number of nitrogens with one attached hydrogen (secondary N) is 1. The van der Waals surface area contributed by atoms with Crippen LogP contribution in [0.4, 0.5) is 5.82 Å². The van der Waals surface area contributed by atoms with Crippen LogP contribution in [0.15, 0.2) is 6.20 Å².